The Morgan fingerprint density at radius 2 is 1.06 bits per heavy atom. The topological polar surface area (TPSA) is 44.2 Å². The maximum atomic E-state index is 6.81. The Balaban J connectivity index is 1.11. The second kappa shape index (κ2) is 11.3. The van der Waals surface area contributed by atoms with Crippen LogP contribution in [-0.4, -0.2) is 9.97 Å². The van der Waals surface area contributed by atoms with Gasteiger partial charge in [-0.1, -0.05) is 135 Å². The molecule has 4 nitrogen and oxygen atoms in total. The zero-order chi connectivity index (χ0) is 34.1. The van der Waals surface area contributed by atoms with Gasteiger partial charge >= 0.3 is 0 Å². The van der Waals surface area contributed by atoms with Gasteiger partial charge < -0.3 is 9.47 Å². The Kier molecular flexibility index (Phi) is 6.49. The largest absolute Gasteiger partial charge is 0.449 e. The van der Waals surface area contributed by atoms with Gasteiger partial charge in [0, 0.05) is 27.7 Å². The molecular formula is C47H32N2O2. The number of hydrogen-bond acceptors (Lipinski definition) is 4. The molecule has 0 saturated carbocycles. The molecule has 0 bridgehead atoms. The second-order valence-corrected chi connectivity index (χ2v) is 13.8. The predicted molar refractivity (Wildman–Crippen MR) is 205 cm³/mol. The predicted octanol–water partition coefficient (Wildman–Crippen LogP) is 12.5. The number of fused-ring (bicyclic) bond motifs is 7. The van der Waals surface area contributed by atoms with Crippen molar-refractivity contribution in [1.82, 2.24) is 9.97 Å². The first-order valence-corrected chi connectivity index (χ1v) is 17.3. The molecule has 10 rings (SSSR count). The van der Waals surface area contributed by atoms with E-state index in [-0.39, 0.29) is 5.41 Å². The van der Waals surface area contributed by atoms with E-state index < -0.39 is 0 Å². The molecule has 1 aromatic heterocycles. The van der Waals surface area contributed by atoms with Crippen molar-refractivity contribution in [2.75, 3.05) is 0 Å². The number of nitrogens with zero attached hydrogens (tertiary/aromatic N) is 2. The minimum Gasteiger partial charge on any atom is -0.449 e. The molecule has 7 aromatic carbocycles. The summed E-state index contributed by atoms with van der Waals surface area (Å²) in [5.74, 6) is 3.49. The summed E-state index contributed by atoms with van der Waals surface area (Å²) in [5, 5.41) is 2.26. The van der Waals surface area contributed by atoms with Gasteiger partial charge in [-0.15, -0.1) is 0 Å². The molecule has 0 atom stereocenters. The SMILES string of the molecule is CC1(C)c2ccccc2-c2c1ccc1c2Oc2cc(-c3cc(-c4ccccc4)nc(-c4ccc(-c5ccccc5)c5ccccc45)n3)ccc2O1. The zero-order valence-electron chi connectivity index (χ0n) is 28.2. The lowest BCUT2D eigenvalue weighted by Gasteiger charge is -2.25. The Bertz CT molecular complexity index is 2660. The van der Waals surface area contributed by atoms with Crippen LogP contribution in [0.5, 0.6) is 23.0 Å². The van der Waals surface area contributed by atoms with Crippen molar-refractivity contribution in [3.8, 4) is 79.2 Å². The fourth-order valence-corrected chi connectivity index (χ4v) is 7.82. The second-order valence-electron chi connectivity index (χ2n) is 13.8. The average Bonchev–Trinajstić information content (AvgIpc) is 3.43. The molecule has 2 heterocycles. The van der Waals surface area contributed by atoms with Crippen LogP contribution < -0.4 is 9.47 Å². The standard InChI is InChI=1S/C47H32N2O2/c1-47(2)37-20-12-11-19-36(37)44-38(47)24-26-42-45(44)51-43-27-31(21-25-41(43)50-42)40-28-39(30-15-7-4-8-16-30)48-46(49-40)35-23-22-32(29-13-5-3-6-14-29)33-17-9-10-18-34(33)35/h3-28H,1-2H3. The molecule has 51 heavy (non-hydrogen) atoms. The van der Waals surface area contributed by atoms with Crippen LogP contribution in [0.3, 0.4) is 0 Å². The molecule has 0 N–H and O–H groups in total. The van der Waals surface area contributed by atoms with E-state index in [1.807, 2.05) is 42.5 Å². The summed E-state index contributed by atoms with van der Waals surface area (Å²) in [7, 11) is 0. The highest BCUT2D eigenvalue weighted by Crippen LogP contribution is 2.58. The number of aromatic nitrogens is 2. The van der Waals surface area contributed by atoms with Gasteiger partial charge in [0.25, 0.3) is 0 Å². The highest BCUT2D eigenvalue weighted by atomic mass is 16.6. The van der Waals surface area contributed by atoms with E-state index in [2.05, 4.69) is 129 Å². The van der Waals surface area contributed by atoms with Gasteiger partial charge in [0.1, 0.15) is 0 Å². The molecule has 0 spiro atoms. The minimum absolute atomic E-state index is 0.138. The molecule has 8 aromatic rings. The van der Waals surface area contributed by atoms with Crippen LogP contribution in [-0.2, 0) is 5.41 Å². The summed E-state index contributed by atoms with van der Waals surface area (Å²) >= 11 is 0. The lowest BCUT2D eigenvalue weighted by Crippen LogP contribution is -2.15. The fraction of sp³-hybridized carbons (Fsp3) is 0.0638. The minimum atomic E-state index is -0.138. The summed E-state index contributed by atoms with van der Waals surface area (Å²) in [5.41, 5.74) is 11.6. The van der Waals surface area contributed by atoms with Gasteiger partial charge in [-0.25, -0.2) is 9.97 Å². The monoisotopic (exact) mass is 656 g/mol. The van der Waals surface area contributed by atoms with Crippen molar-refractivity contribution >= 4 is 10.8 Å². The van der Waals surface area contributed by atoms with E-state index in [9.17, 15) is 0 Å². The third-order valence-corrected chi connectivity index (χ3v) is 10.4. The first-order chi connectivity index (χ1) is 25.0. The number of rotatable bonds is 4. The molecule has 1 aliphatic carbocycles. The van der Waals surface area contributed by atoms with Crippen LogP contribution in [0.2, 0.25) is 0 Å². The molecule has 1 aliphatic heterocycles. The Morgan fingerprint density at radius 3 is 1.84 bits per heavy atom. The van der Waals surface area contributed by atoms with Crippen LogP contribution in [0.1, 0.15) is 25.0 Å². The van der Waals surface area contributed by atoms with Gasteiger partial charge in [0.2, 0.25) is 0 Å². The van der Waals surface area contributed by atoms with E-state index in [4.69, 9.17) is 19.4 Å². The van der Waals surface area contributed by atoms with Crippen LogP contribution in [0.4, 0.5) is 0 Å². The maximum Gasteiger partial charge on any atom is 0.178 e. The van der Waals surface area contributed by atoms with Gasteiger partial charge in [-0.2, -0.15) is 0 Å². The van der Waals surface area contributed by atoms with E-state index in [0.717, 1.165) is 55.9 Å². The van der Waals surface area contributed by atoms with Crippen LogP contribution in [0.25, 0.3) is 66.9 Å². The van der Waals surface area contributed by atoms with Crippen molar-refractivity contribution in [3.63, 3.8) is 0 Å². The van der Waals surface area contributed by atoms with E-state index in [1.54, 1.807) is 0 Å². The quantitative estimate of drug-likeness (QED) is 0.189. The van der Waals surface area contributed by atoms with Crippen molar-refractivity contribution < 1.29 is 9.47 Å². The van der Waals surface area contributed by atoms with Gasteiger partial charge in [0.05, 0.1) is 11.4 Å². The first kappa shape index (κ1) is 29.4. The maximum absolute atomic E-state index is 6.81. The lowest BCUT2D eigenvalue weighted by molar-refractivity contribution is 0.360. The molecular weight excluding hydrogens is 625 g/mol. The number of ether oxygens (including phenoxy) is 2. The average molecular weight is 657 g/mol. The summed E-state index contributed by atoms with van der Waals surface area (Å²) in [4.78, 5) is 10.4. The molecule has 242 valence electrons. The lowest BCUT2D eigenvalue weighted by atomic mass is 9.82. The Labute approximate surface area is 296 Å². The zero-order valence-corrected chi connectivity index (χ0v) is 28.2. The van der Waals surface area contributed by atoms with Gasteiger partial charge in [-0.3, -0.25) is 0 Å². The molecule has 0 fully saturated rings. The van der Waals surface area contributed by atoms with Crippen LogP contribution >= 0.6 is 0 Å². The number of benzene rings is 7. The fourth-order valence-electron chi connectivity index (χ4n) is 7.82. The third-order valence-electron chi connectivity index (χ3n) is 10.4. The summed E-state index contributed by atoms with van der Waals surface area (Å²) in [6.45, 7) is 4.55. The van der Waals surface area contributed by atoms with E-state index >= 15 is 0 Å². The van der Waals surface area contributed by atoms with Gasteiger partial charge in [-0.05, 0) is 75.0 Å². The highest BCUT2D eigenvalue weighted by Gasteiger charge is 2.39. The summed E-state index contributed by atoms with van der Waals surface area (Å²) < 4.78 is 13.3. The number of hydrogen-bond donors (Lipinski definition) is 0. The third kappa shape index (κ3) is 4.68. The van der Waals surface area contributed by atoms with Crippen molar-refractivity contribution in [3.05, 3.63) is 169 Å². The summed E-state index contributed by atoms with van der Waals surface area (Å²) in [6, 6.07) is 54.6. The van der Waals surface area contributed by atoms with Crippen LogP contribution in [0, 0.1) is 0 Å². The van der Waals surface area contributed by atoms with Crippen molar-refractivity contribution in [1.29, 1.82) is 0 Å². The molecule has 4 heteroatoms. The summed E-state index contributed by atoms with van der Waals surface area (Å²) in [6.07, 6.45) is 0. The molecule has 2 aliphatic rings. The Morgan fingerprint density at radius 1 is 0.431 bits per heavy atom. The normalized spacial score (nSPS) is 13.4. The van der Waals surface area contributed by atoms with Gasteiger partial charge in [0.15, 0.2) is 28.8 Å². The first-order valence-electron chi connectivity index (χ1n) is 17.3. The highest BCUT2D eigenvalue weighted by molar-refractivity contribution is 6.04. The molecule has 0 unspecified atom stereocenters. The van der Waals surface area contributed by atoms with Crippen molar-refractivity contribution in [2.45, 2.75) is 19.3 Å². The van der Waals surface area contributed by atoms with E-state index in [0.29, 0.717) is 17.3 Å². The Hall–Kier alpha value is -6.52. The van der Waals surface area contributed by atoms with Crippen molar-refractivity contribution in [2.24, 2.45) is 0 Å². The molecule has 0 radical (unpaired) electrons. The molecule has 0 saturated heterocycles. The van der Waals surface area contributed by atoms with E-state index in [1.165, 1.54) is 27.8 Å². The smallest absolute Gasteiger partial charge is 0.178 e. The molecule has 0 amide bonds. The van der Waals surface area contributed by atoms with Crippen LogP contribution in [0.15, 0.2) is 158 Å².